The Labute approximate surface area is 203 Å². The number of nitrogens with one attached hydrogen (secondary N) is 1. The molecule has 1 aliphatic carbocycles. The Morgan fingerprint density at radius 1 is 1.09 bits per heavy atom. The van der Waals surface area contributed by atoms with Crippen LogP contribution < -0.4 is 10.9 Å². The first-order valence-electron chi connectivity index (χ1n) is 11.7. The SMILES string of the molecule is CN1CCN(S(=O)(=O)c2ccc(Nc3ncc4cc(C#N)c(=O)n(C5CCCC5)c4n3)cc2)CC1. The second-order valence-corrected chi connectivity index (χ2v) is 11.1. The molecule has 5 rings (SSSR count). The van der Waals surface area contributed by atoms with E-state index < -0.39 is 10.0 Å². The number of pyridine rings is 1. The monoisotopic (exact) mass is 493 g/mol. The summed E-state index contributed by atoms with van der Waals surface area (Å²) in [7, 11) is -1.57. The van der Waals surface area contributed by atoms with Crippen LogP contribution in [0.4, 0.5) is 11.6 Å². The van der Waals surface area contributed by atoms with Crippen molar-refractivity contribution in [3.05, 3.63) is 52.4 Å². The van der Waals surface area contributed by atoms with Crippen LogP contribution in [0.3, 0.4) is 0 Å². The zero-order valence-corrected chi connectivity index (χ0v) is 20.3. The summed E-state index contributed by atoms with van der Waals surface area (Å²) >= 11 is 0. The number of fused-ring (bicyclic) bond motifs is 1. The molecular weight excluding hydrogens is 466 g/mol. The predicted molar refractivity (Wildman–Crippen MR) is 132 cm³/mol. The van der Waals surface area contributed by atoms with Gasteiger partial charge < -0.3 is 10.2 Å². The number of nitrogens with zero attached hydrogens (tertiary/aromatic N) is 6. The largest absolute Gasteiger partial charge is 0.324 e. The van der Waals surface area contributed by atoms with Gasteiger partial charge in [-0.25, -0.2) is 13.4 Å². The van der Waals surface area contributed by atoms with Gasteiger partial charge in [0.1, 0.15) is 17.3 Å². The van der Waals surface area contributed by atoms with Gasteiger partial charge in [-0.3, -0.25) is 9.36 Å². The van der Waals surface area contributed by atoms with Crippen LogP contribution in [0.5, 0.6) is 0 Å². The molecule has 3 heterocycles. The van der Waals surface area contributed by atoms with E-state index >= 15 is 0 Å². The van der Waals surface area contributed by atoms with E-state index in [4.69, 9.17) is 0 Å². The Bertz CT molecular complexity index is 1450. The first-order chi connectivity index (χ1) is 16.9. The summed E-state index contributed by atoms with van der Waals surface area (Å²) < 4.78 is 29.1. The van der Waals surface area contributed by atoms with Crippen LogP contribution >= 0.6 is 0 Å². The van der Waals surface area contributed by atoms with Gasteiger partial charge in [0.15, 0.2) is 0 Å². The molecule has 0 bridgehead atoms. The number of hydrogen-bond acceptors (Lipinski definition) is 8. The third kappa shape index (κ3) is 4.52. The minimum atomic E-state index is -3.55. The van der Waals surface area contributed by atoms with E-state index in [1.807, 2.05) is 13.1 Å². The van der Waals surface area contributed by atoms with Gasteiger partial charge in [0, 0.05) is 49.5 Å². The van der Waals surface area contributed by atoms with Crippen LogP contribution in [0.2, 0.25) is 0 Å². The summed E-state index contributed by atoms with van der Waals surface area (Å²) in [6.07, 6.45) is 5.42. The number of anilines is 2. The molecule has 2 aromatic heterocycles. The Hall–Kier alpha value is -3.33. The molecule has 1 saturated heterocycles. The first kappa shape index (κ1) is 23.4. The molecule has 0 spiro atoms. The van der Waals surface area contributed by atoms with Gasteiger partial charge in [0.05, 0.1) is 4.90 Å². The molecule has 0 radical (unpaired) electrons. The highest BCUT2D eigenvalue weighted by Gasteiger charge is 2.27. The van der Waals surface area contributed by atoms with Crippen molar-refractivity contribution in [1.29, 1.82) is 5.26 Å². The molecule has 2 aliphatic rings. The number of hydrogen-bond donors (Lipinski definition) is 1. The number of sulfonamides is 1. The lowest BCUT2D eigenvalue weighted by molar-refractivity contribution is 0.222. The average molecular weight is 494 g/mol. The van der Waals surface area contributed by atoms with Crippen molar-refractivity contribution in [2.24, 2.45) is 0 Å². The Balaban J connectivity index is 1.42. The maximum absolute atomic E-state index is 13.0. The molecule has 11 heteroatoms. The fourth-order valence-electron chi connectivity index (χ4n) is 4.78. The molecule has 0 amide bonds. The number of rotatable bonds is 5. The summed E-state index contributed by atoms with van der Waals surface area (Å²) in [5.41, 5.74) is 0.888. The highest BCUT2D eigenvalue weighted by Crippen LogP contribution is 2.31. The Morgan fingerprint density at radius 3 is 2.43 bits per heavy atom. The summed E-state index contributed by atoms with van der Waals surface area (Å²) in [5, 5.41) is 13.1. The van der Waals surface area contributed by atoms with Crippen LogP contribution in [0.1, 0.15) is 37.3 Å². The molecule has 1 aliphatic heterocycles. The van der Waals surface area contributed by atoms with E-state index in [1.165, 1.54) is 10.4 Å². The Morgan fingerprint density at radius 2 is 1.77 bits per heavy atom. The molecule has 0 unspecified atom stereocenters. The van der Waals surface area contributed by atoms with Crippen molar-refractivity contribution < 1.29 is 8.42 Å². The highest BCUT2D eigenvalue weighted by molar-refractivity contribution is 7.89. The molecule has 1 N–H and O–H groups in total. The topological polar surface area (TPSA) is 124 Å². The lowest BCUT2D eigenvalue weighted by atomic mass is 10.2. The molecule has 3 aromatic rings. The molecule has 2 fully saturated rings. The predicted octanol–water partition coefficient (Wildman–Crippen LogP) is 2.46. The van der Waals surface area contributed by atoms with Crippen molar-refractivity contribution in [3.8, 4) is 6.07 Å². The van der Waals surface area contributed by atoms with Crippen molar-refractivity contribution in [2.75, 3.05) is 38.5 Å². The lowest BCUT2D eigenvalue weighted by Gasteiger charge is -2.31. The minimum absolute atomic E-state index is 0.0140. The van der Waals surface area contributed by atoms with Gasteiger partial charge in [0.25, 0.3) is 5.56 Å². The van der Waals surface area contributed by atoms with Crippen molar-refractivity contribution in [1.82, 2.24) is 23.7 Å². The third-order valence-electron chi connectivity index (χ3n) is 6.79. The van der Waals surface area contributed by atoms with E-state index in [0.717, 1.165) is 25.7 Å². The summed E-state index contributed by atoms with van der Waals surface area (Å²) in [6.45, 7) is 2.36. The smallest absolute Gasteiger partial charge is 0.270 e. The lowest BCUT2D eigenvalue weighted by Crippen LogP contribution is -2.46. The number of piperazine rings is 1. The van der Waals surface area contributed by atoms with Gasteiger partial charge >= 0.3 is 0 Å². The number of benzene rings is 1. The van der Waals surface area contributed by atoms with E-state index in [9.17, 15) is 18.5 Å². The average Bonchev–Trinajstić information content (AvgIpc) is 3.39. The fraction of sp³-hybridized carbons (Fsp3) is 0.417. The van der Waals surface area contributed by atoms with Crippen LogP contribution in [-0.2, 0) is 10.0 Å². The minimum Gasteiger partial charge on any atom is -0.324 e. The zero-order chi connectivity index (χ0) is 24.6. The van der Waals surface area contributed by atoms with Crippen molar-refractivity contribution in [3.63, 3.8) is 0 Å². The zero-order valence-electron chi connectivity index (χ0n) is 19.5. The van der Waals surface area contributed by atoms with Gasteiger partial charge in [-0.15, -0.1) is 0 Å². The van der Waals surface area contributed by atoms with E-state index in [2.05, 4.69) is 20.2 Å². The second-order valence-electron chi connectivity index (χ2n) is 9.11. The number of likely N-dealkylation sites (N-methyl/N-ethyl adjacent to an activating group) is 1. The highest BCUT2D eigenvalue weighted by atomic mass is 32.2. The number of aromatic nitrogens is 3. The first-order valence-corrected chi connectivity index (χ1v) is 13.2. The maximum atomic E-state index is 13.0. The van der Waals surface area contributed by atoms with E-state index in [0.29, 0.717) is 48.8 Å². The molecule has 35 heavy (non-hydrogen) atoms. The van der Waals surface area contributed by atoms with Crippen LogP contribution in [0, 0.1) is 11.3 Å². The summed E-state index contributed by atoms with van der Waals surface area (Å²) in [6, 6.07) is 10.0. The molecule has 1 aromatic carbocycles. The molecule has 0 atom stereocenters. The quantitative estimate of drug-likeness (QED) is 0.575. The van der Waals surface area contributed by atoms with Crippen LogP contribution in [-0.4, -0.2) is 65.4 Å². The summed E-state index contributed by atoms with van der Waals surface area (Å²) in [4.78, 5) is 24.2. The van der Waals surface area contributed by atoms with E-state index in [-0.39, 0.29) is 22.1 Å². The molecule has 1 saturated carbocycles. The maximum Gasteiger partial charge on any atom is 0.270 e. The molecular formula is C24H27N7O3S. The van der Waals surface area contributed by atoms with Gasteiger partial charge in [-0.1, -0.05) is 12.8 Å². The van der Waals surface area contributed by atoms with Gasteiger partial charge in [-0.05, 0) is 50.2 Å². The van der Waals surface area contributed by atoms with Crippen LogP contribution in [0.15, 0.2) is 46.2 Å². The normalized spacial score (nSPS) is 18.1. The molecule has 10 nitrogen and oxygen atoms in total. The van der Waals surface area contributed by atoms with Crippen LogP contribution in [0.25, 0.3) is 11.0 Å². The van der Waals surface area contributed by atoms with Crippen molar-refractivity contribution in [2.45, 2.75) is 36.6 Å². The number of nitriles is 1. The standard InChI is InChI=1S/C24H27N7O3S/c1-29-10-12-30(13-11-29)35(33,34)21-8-6-19(7-9-21)27-24-26-16-18-14-17(15-25)23(32)31(22(18)28-24)20-4-2-3-5-20/h6-9,14,16,20H,2-5,10-13H2,1H3,(H,26,27,28). The van der Waals surface area contributed by atoms with Gasteiger partial charge in [0.2, 0.25) is 16.0 Å². The summed E-state index contributed by atoms with van der Waals surface area (Å²) in [5.74, 6) is 0.294. The Kier molecular flexibility index (Phi) is 6.27. The van der Waals surface area contributed by atoms with Gasteiger partial charge in [-0.2, -0.15) is 14.6 Å². The third-order valence-corrected chi connectivity index (χ3v) is 8.71. The molecule has 182 valence electrons. The van der Waals surface area contributed by atoms with E-state index in [1.54, 1.807) is 35.0 Å². The fourth-order valence-corrected chi connectivity index (χ4v) is 6.20. The van der Waals surface area contributed by atoms with Crippen molar-refractivity contribution >= 4 is 32.7 Å². The second kappa shape index (κ2) is 9.37.